The maximum Gasteiger partial charge on any atom is 0.222 e. The Morgan fingerprint density at radius 3 is 2.00 bits per heavy atom. The number of hydrogen-bond donors (Lipinski definition) is 1. The van der Waals surface area contributed by atoms with Gasteiger partial charge in [-0.3, -0.25) is 14.4 Å². The van der Waals surface area contributed by atoms with E-state index in [-0.39, 0.29) is 29.9 Å². The van der Waals surface area contributed by atoms with Crippen LogP contribution in [0.3, 0.4) is 0 Å². The maximum absolute atomic E-state index is 11.3. The third kappa shape index (κ3) is 1.36. The first-order valence-electron chi connectivity index (χ1n) is 4.20. The number of carbonyl (C=O) groups excluding carboxylic acids is 3. The molecule has 1 amide bonds. The van der Waals surface area contributed by atoms with Gasteiger partial charge in [-0.15, -0.1) is 0 Å². The van der Waals surface area contributed by atoms with Gasteiger partial charge >= 0.3 is 0 Å². The lowest BCUT2D eigenvalue weighted by atomic mass is 9.71. The standard InChI is InChI=1S/C9H13NO3/c1-5(11)9(3,6(2)12)7-4-8(13)10-7/h7H,4H2,1-3H3,(H,10,13). The number of Topliss-reactive ketones (excluding diaryl/α,β-unsaturated/α-hetero) is 2. The molecule has 72 valence electrons. The number of carbonyl (C=O) groups is 3. The molecule has 0 aromatic heterocycles. The predicted molar refractivity (Wildman–Crippen MR) is 46.0 cm³/mol. The van der Waals surface area contributed by atoms with Crippen molar-refractivity contribution in [2.75, 3.05) is 0 Å². The zero-order valence-corrected chi connectivity index (χ0v) is 8.01. The number of nitrogens with one attached hydrogen (secondary N) is 1. The van der Waals surface area contributed by atoms with Crippen molar-refractivity contribution in [1.82, 2.24) is 5.32 Å². The molecule has 1 fully saturated rings. The van der Waals surface area contributed by atoms with Crippen LogP contribution in [-0.2, 0) is 14.4 Å². The zero-order valence-electron chi connectivity index (χ0n) is 8.01. The first kappa shape index (κ1) is 9.89. The van der Waals surface area contributed by atoms with Crippen molar-refractivity contribution >= 4 is 17.5 Å². The second-order valence-electron chi connectivity index (χ2n) is 3.64. The molecule has 1 aliphatic rings. The summed E-state index contributed by atoms with van der Waals surface area (Å²) in [5.74, 6) is -0.478. The molecule has 1 saturated heterocycles. The van der Waals surface area contributed by atoms with Gasteiger partial charge in [0, 0.05) is 6.42 Å². The highest BCUT2D eigenvalue weighted by Crippen LogP contribution is 2.30. The molecule has 1 rings (SSSR count). The highest BCUT2D eigenvalue weighted by Gasteiger charge is 2.48. The van der Waals surface area contributed by atoms with Crippen molar-refractivity contribution in [3.8, 4) is 0 Å². The number of β-lactam (4-membered cyclic amide) rings is 1. The summed E-state index contributed by atoms with van der Waals surface area (Å²) >= 11 is 0. The van der Waals surface area contributed by atoms with E-state index in [9.17, 15) is 14.4 Å². The van der Waals surface area contributed by atoms with Gasteiger partial charge in [0.05, 0.1) is 6.04 Å². The molecular weight excluding hydrogens is 170 g/mol. The van der Waals surface area contributed by atoms with Crippen molar-refractivity contribution < 1.29 is 14.4 Å². The highest BCUT2D eigenvalue weighted by atomic mass is 16.2. The second kappa shape index (κ2) is 2.94. The molecule has 0 aliphatic carbocycles. The summed E-state index contributed by atoms with van der Waals surface area (Å²) in [5, 5.41) is 2.57. The van der Waals surface area contributed by atoms with E-state index in [0.717, 1.165) is 0 Å². The molecule has 0 bridgehead atoms. The molecule has 4 heteroatoms. The largest absolute Gasteiger partial charge is 0.351 e. The number of hydrogen-bond acceptors (Lipinski definition) is 3. The van der Waals surface area contributed by atoms with Crippen molar-refractivity contribution in [3.05, 3.63) is 0 Å². The van der Waals surface area contributed by atoms with Gasteiger partial charge in [-0.2, -0.15) is 0 Å². The normalized spacial score (nSPS) is 21.8. The van der Waals surface area contributed by atoms with E-state index >= 15 is 0 Å². The third-order valence-corrected chi connectivity index (χ3v) is 2.88. The summed E-state index contributed by atoms with van der Waals surface area (Å²) in [5.41, 5.74) is -1.03. The quantitative estimate of drug-likeness (QED) is 0.497. The Kier molecular flexibility index (Phi) is 2.24. The lowest BCUT2D eigenvalue weighted by Crippen LogP contribution is -2.61. The van der Waals surface area contributed by atoms with E-state index in [4.69, 9.17) is 0 Å². The molecule has 0 aromatic rings. The smallest absolute Gasteiger partial charge is 0.222 e. The lowest BCUT2D eigenvalue weighted by Gasteiger charge is -2.39. The van der Waals surface area contributed by atoms with Gasteiger partial charge in [-0.25, -0.2) is 0 Å². The lowest BCUT2D eigenvalue weighted by molar-refractivity contribution is -0.144. The molecule has 1 heterocycles. The topological polar surface area (TPSA) is 63.2 Å². The molecule has 13 heavy (non-hydrogen) atoms. The fourth-order valence-electron chi connectivity index (χ4n) is 1.45. The fourth-order valence-corrected chi connectivity index (χ4v) is 1.45. The second-order valence-corrected chi connectivity index (χ2v) is 3.64. The zero-order chi connectivity index (χ0) is 10.2. The Morgan fingerprint density at radius 2 is 1.77 bits per heavy atom. The van der Waals surface area contributed by atoms with Gasteiger partial charge in [0.2, 0.25) is 5.91 Å². The fraction of sp³-hybridized carbons (Fsp3) is 0.667. The first-order chi connectivity index (χ1) is 5.89. The number of rotatable bonds is 3. The Hall–Kier alpha value is -1.19. The average Bonchev–Trinajstić information content (AvgIpc) is 1.96. The van der Waals surface area contributed by atoms with Crippen molar-refractivity contribution in [2.45, 2.75) is 33.2 Å². The minimum atomic E-state index is -1.03. The SMILES string of the molecule is CC(=O)C(C)(C(C)=O)C1CC(=O)N1. The highest BCUT2D eigenvalue weighted by molar-refractivity contribution is 6.07. The van der Waals surface area contributed by atoms with Crippen LogP contribution in [0.25, 0.3) is 0 Å². The van der Waals surface area contributed by atoms with Crippen LogP contribution in [0.1, 0.15) is 27.2 Å². The van der Waals surface area contributed by atoms with Gasteiger partial charge < -0.3 is 5.32 Å². The Bertz CT molecular complexity index is 261. The molecule has 1 unspecified atom stereocenters. The van der Waals surface area contributed by atoms with E-state index in [1.165, 1.54) is 13.8 Å². The molecule has 1 N–H and O–H groups in total. The molecule has 1 atom stereocenters. The van der Waals surface area contributed by atoms with Crippen LogP contribution in [0.15, 0.2) is 0 Å². The number of amides is 1. The van der Waals surface area contributed by atoms with E-state index in [2.05, 4.69) is 5.32 Å². The molecule has 0 radical (unpaired) electrons. The summed E-state index contributed by atoms with van der Waals surface area (Å²) in [6.45, 7) is 4.35. The molecular formula is C9H13NO3. The van der Waals surface area contributed by atoms with Gasteiger partial charge in [0.1, 0.15) is 17.0 Å². The van der Waals surface area contributed by atoms with Crippen LogP contribution in [0.4, 0.5) is 0 Å². The summed E-state index contributed by atoms with van der Waals surface area (Å²) in [7, 11) is 0. The van der Waals surface area contributed by atoms with Crippen molar-refractivity contribution in [3.63, 3.8) is 0 Å². The molecule has 0 spiro atoms. The Labute approximate surface area is 76.7 Å². The van der Waals surface area contributed by atoms with Crippen LogP contribution < -0.4 is 5.32 Å². The summed E-state index contributed by atoms with van der Waals surface area (Å²) < 4.78 is 0. The van der Waals surface area contributed by atoms with Gasteiger partial charge in [0.25, 0.3) is 0 Å². The Morgan fingerprint density at radius 1 is 1.38 bits per heavy atom. The first-order valence-corrected chi connectivity index (χ1v) is 4.20. The van der Waals surface area contributed by atoms with E-state index < -0.39 is 5.41 Å². The van der Waals surface area contributed by atoms with Gasteiger partial charge in [-0.1, -0.05) is 0 Å². The van der Waals surface area contributed by atoms with Crippen molar-refractivity contribution in [2.24, 2.45) is 5.41 Å². The summed E-state index contributed by atoms with van der Waals surface area (Å²) in [6, 6.07) is -0.310. The average molecular weight is 183 g/mol. The summed E-state index contributed by atoms with van der Waals surface area (Å²) in [6.07, 6.45) is 0.273. The van der Waals surface area contributed by atoms with Crippen LogP contribution in [0.5, 0.6) is 0 Å². The van der Waals surface area contributed by atoms with Crippen LogP contribution in [-0.4, -0.2) is 23.5 Å². The van der Waals surface area contributed by atoms with E-state index in [1.807, 2.05) is 0 Å². The van der Waals surface area contributed by atoms with Crippen LogP contribution >= 0.6 is 0 Å². The Balaban J connectivity index is 2.86. The van der Waals surface area contributed by atoms with Gasteiger partial charge in [-0.05, 0) is 20.8 Å². The third-order valence-electron chi connectivity index (χ3n) is 2.88. The summed E-state index contributed by atoms with van der Waals surface area (Å²) in [4.78, 5) is 33.2. The molecule has 1 aliphatic heterocycles. The minimum Gasteiger partial charge on any atom is -0.351 e. The monoisotopic (exact) mass is 183 g/mol. The maximum atomic E-state index is 11.3. The molecule has 4 nitrogen and oxygen atoms in total. The van der Waals surface area contributed by atoms with Gasteiger partial charge in [0.15, 0.2) is 0 Å². The van der Waals surface area contributed by atoms with Crippen LogP contribution in [0, 0.1) is 5.41 Å². The van der Waals surface area contributed by atoms with Crippen molar-refractivity contribution in [1.29, 1.82) is 0 Å². The molecule has 0 saturated carbocycles. The van der Waals surface area contributed by atoms with E-state index in [0.29, 0.717) is 0 Å². The number of ketones is 2. The van der Waals surface area contributed by atoms with Crippen LogP contribution in [0.2, 0.25) is 0 Å². The van der Waals surface area contributed by atoms with E-state index in [1.54, 1.807) is 6.92 Å². The predicted octanol–water partition coefficient (Wildman–Crippen LogP) is 0.0592. The molecule has 0 aromatic carbocycles. The minimum absolute atomic E-state index is 0.0984.